The van der Waals surface area contributed by atoms with E-state index in [4.69, 9.17) is 0 Å². The Hall–Kier alpha value is -2.75. The summed E-state index contributed by atoms with van der Waals surface area (Å²) in [7, 11) is -3.18. The number of rotatable bonds is 5. The van der Waals surface area contributed by atoms with Crippen molar-refractivity contribution < 1.29 is 22.8 Å². The van der Waals surface area contributed by atoms with Gasteiger partial charge in [-0.25, -0.2) is 13.4 Å². The van der Waals surface area contributed by atoms with Crippen molar-refractivity contribution in [2.24, 2.45) is 11.0 Å². The first-order chi connectivity index (χ1) is 14.1. The highest BCUT2D eigenvalue weighted by Gasteiger charge is 2.37. The summed E-state index contributed by atoms with van der Waals surface area (Å²) in [5, 5.41) is 10.9. The van der Waals surface area contributed by atoms with E-state index in [1.54, 1.807) is 32.0 Å². The Morgan fingerprint density at radius 3 is 2.57 bits per heavy atom. The third kappa shape index (κ3) is 5.05. The van der Waals surface area contributed by atoms with E-state index in [0.29, 0.717) is 17.8 Å². The van der Waals surface area contributed by atoms with Crippen LogP contribution in [0.3, 0.4) is 0 Å². The summed E-state index contributed by atoms with van der Waals surface area (Å²) in [5.74, 6) is -1.15. The average Bonchev–Trinajstić information content (AvgIpc) is 3.04. The smallest absolute Gasteiger partial charge is 0.271 e. The molecule has 2 heterocycles. The average molecular weight is 435 g/mol. The van der Waals surface area contributed by atoms with Gasteiger partial charge in [0, 0.05) is 30.1 Å². The molecule has 162 valence electrons. The summed E-state index contributed by atoms with van der Waals surface area (Å²) in [6.45, 7) is 5.40. The Labute approximate surface area is 175 Å². The second-order valence-corrected chi connectivity index (χ2v) is 10.2. The van der Waals surface area contributed by atoms with Crippen LogP contribution in [-0.4, -0.2) is 54.4 Å². The Morgan fingerprint density at radius 1 is 1.20 bits per heavy atom. The van der Waals surface area contributed by atoms with Gasteiger partial charge < -0.3 is 10.6 Å². The van der Waals surface area contributed by atoms with Crippen LogP contribution in [0.15, 0.2) is 23.3 Å². The van der Waals surface area contributed by atoms with Crippen LogP contribution in [-0.2, 0) is 24.2 Å². The van der Waals surface area contributed by atoms with E-state index in [-0.39, 0.29) is 47.8 Å². The fourth-order valence-electron chi connectivity index (χ4n) is 3.30. The van der Waals surface area contributed by atoms with E-state index < -0.39 is 21.8 Å². The first-order valence-electron chi connectivity index (χ1n) is 9.88. The van der Waals surface area contributed by atoms with Crippen molar-refractivity contribution in [2.75, 3.05) is 22.1 Å². The van der Waals surface area contributed by atoms with Gasteiger partial charge in [0.05, 0.1) is 17.5 Å². The van der Waals surface area contributed by atoms with Gasteiger partial charge in [0.15, 0.2) is 9.84 Å². The van der Waals surface area contributed by atoms with Crippen molar-refractivity contribution in [1.29, 1.82) is 0 Å². The highest BCUT2D eigenvalue weighted by Crippen LogP contribution is 2.24. The van der Waals surface area contributed by atoms with Gasteiger partial charge in [-0.1, -0.05) is 19.9 Å². The maximum atomic E-state index is 12.8. The fraction of sp³-hybridized carbons (Fsp3) is 0.500. The molecule has 1 aromatic rings. The van der Waals surface area contributed by atoms with Crippen LogP contribution in [0.4, 0.5) is 11.4 Å². The molecule has 0 spiro atoms. The van der Waals surface area contributed by atoms with E-state index in [9.17, 15) is 22.8 Å². The van der Waals surface area contributed by atoms with Gasteiger partial charge in [-0.2, -0.15) is 5.10 Å². The number of carbonyl (C=O) groups excluding carboxylic acids is 3. The summed E-state index contributed by atoms with van der Waals surface area (Å²) in [4.78, 5) is 36.9. The number of benzene rings is 1. The molecule has 2 N–H and O–H groups in total. The van der Waals surface area contributed by atoms with E-state index in [1.807, 2.05) is 6.92 Å². The van der Waals surface area contributed by atoms with Crippen molar-refractivity contribution >= 4 is 44.6 Å². The van der Waals surface area contributed by atoms with Crippen molar-refractivity contribution in [3.8, 4) is 0 Å². The molecule has 1 unspecified atom stereocenters. The summed E-state index contributed by atoms with van der Waals surface area (Å²) in [6.07, 6.45) is 0.610. The van der Waals surface area contributed by atoms with Crippen LogP contribution in [0, 0.1) is 12.8 Å². The molecule has 1 aromatic carbocycles. The Morgan fingerprint density at radius 2 is 1.93 bits per heavy atom. The summed E-state index contributed by atoms with van der Waals surface area (Å²) < 4.78 is 23.5. The highest BCUT2D eigenvalue weighted by atomic mass is 32.2. The number of amides is 3. The quantitative estimate of drug-likeness (QED) is 0.730. The number of anilines is 2. The van der Waals surface area contributed by atoms with Crippen LogP contribution in [0.25, 0.3) is 0 Å². The number of hydrazone groups is 1. The molecular weight excluding hydrogens is 408 g/mol. The summed E-state index contributed by atoms with van der Waals surface area (Å²) in [5.41, 5.74) is 2.07. The van der Waals surface area contributed by atoms with E-state index in [0.717, 1.165) is 10.6 Å². The molecule has 1 fully saturated rings. The third-order valence-corrected chi connectivity index (χ3v) is 6.90. The summed E-state index contributed by atoms with van der Waals surface area (Å²) in [6, 6.07) is 4.68. The number of nitrogens with zero attached hydrogens (tertiary/aromatic N) is 2. The number of hydrogen-bond acceptors (Lipinski definition) is 6. The highest BCUT2D eigenvalue weighted by molar-refractivity contribution is 7.91. The van der Waals surface area contributed by atoms with E-state index >= 15 is 0 Å². The molecule has 30 heavy (non-hydrogen) atoms. The van der Waals surface area contributed by atoms with Gasteiger partial charge in [0.2, 0.25) is 11.8 Å². The number of hydrogen-bond donors (Lipinski definition) is 2. The minimum atomic E-state index is -3.18. The van der Waals surface area contributed by atoms with Crippen molar-refractivity contribution in [3.63, 3.8) is 0 Å². The summed E-state index contributed by atoms with van der Waals surface area (Å²) >= 11 is 0. The monoisotopic (exact) mass is 434 g/mol. The van der Waals surface area contributed by atoms with Crippen molar-refractivity contribution in [1.82, 2.24) is 5.01 Å². The molecular formula is C20H26N4O5S. The molecule has 0 aliphatic carbocycles. The molecule has 2 aliphatic rings. The molecule has 0 aromatic heterocycles. The lowest BCUT2D eigenvalue weighted by Crippen LogP contribution is -2.42. The predicted molar refractivity (Wildman–Crippen MR) is 114 cm³/mol. The van der Waals surface area contributed by atoms with Crippen LogP contribution in [0.1, 0.15) is 38.7 Å². The minimum absolute atomic E-state index is 0.0204. The zero-order chi connectivity index (χ0) is 22.1. The van der Waals surface area contributed by atoms with Gasteiger partial charge in [-0.3, -0.25) is 14.4 Å². The molecule has 1 atom stereocenters. The SMILES string of the molecule is Cc1ccc(NC(=O)C(C)C)cc1NC(=O)C1=NN(C2CCS(=O)(=O)C2)C(=O)CC1. The number of sulfone groups is 1. The normalized spacial score (nSPS) is 20.8. The van der Waals surface area contributed by atoms with Gasteiger partial charge in [-0.05, 0) is 31.0 Å². The molecule has 3 amide bonds. The van der Waals surface area contributed by atoms with E-state index in [1.165, 1.54) is 0 Å². The van der Waals surface area contributed by atoms with Crippen molar-refractivity contribution in [2.45, 2.75) is 46.1 Å². The Bertz CT molecular complexity index is 1020. The predicted octanol–water partition coefficient (Wildman–Crippen LogP) is 1.69. The third-order valence-electron chi connectivity index (χ3n) is 5.15. The lowest BCUT2D eigenvalue weighted by molar-refractivity contribution is -0.133. The Kier molecular flexibility index (Phi) is 6.25. The molecule has 0 radical (unpaired) electrons. The van der Waals surface area contributed by atoms with Crippen molar-refractivity contribution in [3.05, 3.63) is 23.8 Å². The molecule has 0 bridgehead atoms. The molecule has 9 nitrogen and oxygen atoms in total. The molecule has 1 saturated heterocycles. The van der Waals surface area contributed by atoms with Gasteiger partial charge in [0.25, 0.3) is 5.91 Å². The fourth-order valence-corrected chi connectivity index (χ4v) is 5.00. The zero-order valence-corrected chi connectivity index (χ0v) is 18.1. The standard InChI is InChI=1S/C20H26N4O5S/c1-12(2)19(26)21-14-5-4-13(3)17(10-14)22-20(27)16-6-7-18(25)24(23-16)15-8-9-30(28,29)11-15/h4-5,10,12,15H,6-9,11H2,1-3H3,(H,21,26)(H,22,27). The number of nitrogens with one attached hydrogen (secondary N) is 2. The second-order valence-electron chi connectivity index (χ2n) is 7.97. The van der Waals surface area contributed by atoms with Gasteiger partial charge in [0.1, 0.15) is 5.71 Å². The van der Waals surface area contributed by atoms with Crippen LogP contribution >= 0.6 is 0 Å². The van der Waals surface area contributed by atoms with Crippen LogP contribution in [0.5, 0.6) is 0 Å². The van der Waals surface area contributed by atoms with Crippen LogP contribution in [0.2, 0.25) is 0 Å². The largest absolute Gasteiger partial charge is 0.326 e. The minimum Gasteiger partial charge on any atom is -0.326 e. The van der Waals surface area contributed by atoms with Crippen LogP contribution < -0.4 is 10.6 Å². The first kappa shape index (κ1) is 21.9. The first-order valence-corrected chi connectivity index (χ1v) is 11.7. The lowest BCUT2D eigenvalue weighted by Gasteiger charge is -2.27. The van der Waals surface area contributed by atoms with Gasteiger partial charge >= 0.3 is 0 Å². The van der Waals surface area contributed by atoms with Gasteiger partial charge in [-0.15, -0.1) is 0 Å². The molecule has 0 saturated carbocycles. The lowest BCUT2D eigenvalue weighted by atomic mass is 10.1. The molecule has 3 rings (SSSR count). The topological polar surface area (TPSA) is 125 Å². The molecule has 2 aliphatic heterocycles. The zero-order valence-electron chi connectivity index (χ0n) is 17.3. The maximum absolute atomic E-state index is 12.8. The number of carbonyl (C=O) groups is 3. The second kappa shape index (κ2) is 8.55. The van der Waals surface area contributed by atoms with E-state index in [2.05, 4.69) is 15.7 Å². The molecule has 10 heteroatoms. The number of aryl methyl sites for hydroxylation is 1. The maximum Gasteiger partial charge on any atom is 0.271 e. The Balaban J connectivity index is 1.76.